The number of carbonyl (C=O) groups excluding carboxylic acids is 1. The number of aliphatic hydroxyl groups is 1. The number of piperazine rings is 1. The fourth-order valence-corrected chi connectivity index (χ4v) is 3.65. The lowest BCUT2D eigenvalue weighted by Gasteiger charge is -2.37. The van der Waals surface area contributed by atoms with Gasteiger partial charge in [0.05, 0.1) is 28.4 Å². The van der Waals surface area contributed by atoms with Crippen molar-refractivity contribution in [3.05, 3.63) is 64.2 Å². The first-order chi connectivity index (χ1) is 13.5. The third-order valence-electron chi connectivity index (χ3n) is 5.01. The zero-order chi connectivity index (χ0) is 20.1. The summed E-state index contributed by atoms with van der Waals surface area (Å²) in [7, 11) is 1.59. The number of β-amino-alcohol motifs (C(OH)–C–C–N with tert-alkyl or cyclic N) is 1. The van der Waals surface area contributed by atoms with Gasteiger partial charge in [-0.2, -0.15) is 5.26 Å². The summed E-state index contributed by atoms with van der Waals surface area (Å²) in [5, 5.41) is 22.5. The van der Waals surface area contributed by atoms with Crippen LogP contribution in [0.25, 0.3) is 0 Å². The van der Waals surface area contributed by atoms with Crippen LogP contribution in [0.5, 0.6) is 0 Å². The van der Waals surface area contributed by atoms with E-state index in [1.807, 2.05) is 6.07 Å². The Kier molecular flexibility index (Phi) is 6.53. The summed E-state index contributed by atoms with van der Waals surface area (Å²) < 4.78 is 0. The molecule has 1 heterocycles. The van der Waals surface area contributed by atoms with Gasteiger partial charge in [0, 0.05) is 45.3 Å². The Hall–Kier alpha value is -2.59. The maximum atomic E-state index is 11.7. The highest BCUT2D eigenvalue weighted by atomic mass is 35.5. The number of rotatable bonds is 5. The van der Waals surface area contributed by atoms with Crippen molar-refractivity contribution >= 4 is 23.2 Å². The Bertz CT molecular complexity index is 871. The van der Waals surface area contributed by atoms with Crippen LogP contribution in [-0.2, 0) is 0 Å². The largest absolute Gasteiger partial charge is 0.387 e. The van der Waals surface area contributed by atoms with Crippen molar-refractivity contribution in [1.29, 1.82) is 5.26 Å². The van der Waals surface area contributed by atoms with Gasteiger partial charge in [-0.15, -0.1) is 0 Å². The number of nitrogens with zero attached hydrogens (tertiary/aromatic N) is 3. The highest BCUT2D eigenvalue weighted by Gasteiger charge is 2.22. The summed E-state index contributed by atoms with van der Waals surface area (Å²) in [6.45, 7) is 3.74. The third-order valence-corrected chi connectivity index (χ3v) is 5.31. The average molecular weight is 399 g/mol. The Labute approximate surface area is 169 Å². The predicted octanol–water partition coefficient (Wildman–Crippen LogP) is 2.43. The number of amides is 1. The van der Waals surface area contributed by atoms with Crippen LogP contribution in [0.15, 0.2) is 42.5 Å². The molecule has 0 bridgehead atoms. The molecule has 1 unspecified atom stereocenters. The molecule has 1 aliphatic rings. The van der Waals surface area contributed by atoms with E-state index in [1.54, 1.807) is 43.4 Å². The molecule has 1 fully saturated rings. The molecule has 28 heavy (non-hydrogen) atoms. The molecular formula is C21H23ClN4O2. The maximum absolute atomic E-state index is 11.7. The number of anilines is 1. The van der Waals surface area contributed by atoms with Gasteiger partial charge in [0.15, 0.2) is 0 Å². The Morgan fingerprint density at radius 3 is 2.46 bits per heavy atom. The van der Waals surface area contributed by atoms with Crippen LogP contribution in [0.3, 0.4) is 0 Å². The highest BCUT2D eigenvalue weighted by Crippen LogP contribution is 2.28. The van der Waals surface area contributed by atoms with E-state index in [4.69, 9.17) is 16.9 Å². The van der Waals surface area contributed by atoms with Crippen LogP contribution >= 0.6 is 11.6 Å². The SMILES string of the molecule is CNC(=O)c1ccc(N2CCN(CC(O)c3ccc(C#N)cc3)CC2)c(Cl)c1. The number of nitrogens with one attached hydrogen (secondary N) is 1. The Morgan fingerprint density at radius 1 is 1.21 bits per heavy atom. The van der Waals surface area contributed by atoms with E-state index in [0.29, 0.717) is 22.7 Å². The number of carbonyl (C=O) groups is 1. The van der Waals surface area contributed by atoms with Gasteiger partial charge in [0.2, 0.25) is 0 Å². The summed E-state index contributed by atoms with van der Waals surface area (Å²) in [4.78, 5) is 16.1. The van der Waals surface area contributed by atoms with Gasteiger partial charge in [-0.25, -0.2) is 0 Å². The van der Waals surface area contributed by atoms with Crippen molar-refractivity contribution < 1.29 is 9.90 Å². The zero-order valence-corrected chi connectivity index (χ0v) is 16.5. The molecule has 1 atom stereocenters. The average Bonchev–Trinajstić information content (AvgIpc) is 2.73. The van der Waals surface area contributed by atoms with Crippen LogP contribution in [0.1, 0.15) is 27.6 Å². The quantitative estimate of drug-likeness (QED) is 0.808. The minimum Gasteiger partial charge on any atom is -0.387 e. The molecule has 0 aromatic heterocycles. The molecule has 1 amide bonds. The standard InChI is InChI=1S/C21H23ClN4O2/c1-24-21(28)17-6-7-19(18(22)12-17)26-10-8-25(9-11-26)14-20(27)16-4-2-15(13-23)3-5-16/h2-7,12,20,27H,8-11,14H2,1H3,(H,24,28). The van der Waals surface area contributed by atoms with Crippen molar-refractivity contribution in [1.82, 2.24) is 10.2 Å². The minimum atomic E-state index is -0.588. The van der Waals surface area contributed by atoms with Gasteiger partial charge in [0.25, 0.3) is 5.91 Å². The van der Waals surface area contributed by atoms with E-state index in [0.717, 1.165) is 37.4 Å². The van der Waals surface area contributed by atoms with E-state index in [2.05, 4.69) is 21.2 Å². The van der Waals surface area contributed by atoms with Gasteiger partial charge in [0.1, 0.15) is 0 Å². The van der Waals surface area contributed by atoms with Crippen LogP contribution in [0, 0.1) is 11.3 Å². The summed E-state index contributed by atoms with van der Waals surface area (Å²) >= 11 is 6.39. The molecule has 1 aliphatic heterocycles. The summed E-state index contributed by atoms with van der Waals surface area (Å²) in [5.74, 6) is -0.157. The molecular weight excluding hydrogens is 376 g/mol. The number of halogens is 1. The summed E-state index contributed by atoms with van der Waals surface area (Å²) in [5.41, 5.74) is 2.86. The fraction of sp³-hybridized carbons (Fsp3) is 0.333. The normalized spacial score (nSPS) is 15.7. The molecule has 0 aliphatic carbocycles. The molecule has 2 aromatic carbocycles. The number of hydrogen-bond acceptors (Lipinski definition) is 5. The Balaban J connectivity index is 1.57. The fourth-order valence-electron chi connectivity index (χ4n) is 3.35. The number of nitriles is 1. The molecule has 7 heteroatoms. The lowest BCUT2D eigenvalue weighted by Crippen LogP contribution is -2.47. The summed E-state index contributed by atoms with van der Waals surface area (Å²) in [6.07, 6.45) is -0.588. The zero-order valence-electron chi connectivity index (χ0n) is 15.7. The smallest absolute Gasteiger partial charge is 0.251 e. The van der Waals surface area contributed by atoms with E-state index in [1.165, 1.54) is 0 Å². The molecule has 2 aromatic rings. The first kappa shape index (κ1) is 20.2. The maximum Gasteiger partial charge on any atom is 0.251 e. The van der Waals surface area contributed by atoms with Crippen LogP contribution in [0.4, 0.5) is 5.69 Å². The van der Waals surface area contributed by atoms with E-state index >= 15 is 0 Å². The number of aliphatic hydroxyl groups excluding tert-OH is 1. The van der Waals surface area contributed by atoms with Crippen molar-refractivity contribution in [3.63, 3.8) is 0 Å². The predicted molar refractivity (Wildman–Crippen MR) is 110 cm³/mol. The first-order valence-electron chi connectivity index (χ1n) is 9.19. The van der Waals surface area contributed by atoms with Crippen LogP contribution in [-0.4, -0.2) is 55.7 Å². The van der Waals surface area contributed by atoms with E-state index in [-0.39, 0.29) is 5.91 Å². The van der Waals surface area contributed by atoms with Gasteiger partial charge >= 0.3 is 0 Å². The third kappa shape index (κ3) is 4.63. The molecule has 0 saturated carbocycles. The van der Waals surface area contributed by atoms with Crippen LogP contribution in [0.2, 0.25) is 5.02 Å². The van der Waals surface area contributed by atoms with Crippen LogP contribution < -0.4 is 10.2 Å². The van der Waals surface area contributed by atoms with Crippen molar-refractivity contribution in [2.24, 2.45) is 0 Å². The van der Waals surface area contributed by atoms with Gasteiger partial charge in [-0.05, 0) is 35.9 Å². The van der Waals surface area contributed by atoms with Gasteiger partial charge < -0.3 is 15.3 Å². The highest BCUT2D eigenvalue weighted by molar-refractivity contribution is 6.33. The Morgan fingerprint density at radius 2 is 1.89 bits per heavy atom. The topological polar surface area (TPSA) is 79.6 Å². The van der Waals surface area contributed by atoms with Crippen molar-refractivity contribution in [2.45, 2.75) is 6.10 Å². The molecule has 0 radical (unpaired) electrons. The molecule has 2 N–H and O–H groups in total. The van der Waals surface area contributed by atoms with Crippen molar-refractivity contribution in [2.75, 3.05) is 44.7 Å². The second-order valence-corrected chi connectivity index (χ2v) is 7.19. The second-order valence-electron chi connectivity index (χ2n) is 6.78. The number of hydrogen-bond donors (Lipinski definition) is 2. The van der Waals surface area contributed by atoms with Crippen molar-refractivity contribution in [3.8, 4) is 6.07 Å². The lowest BCUT2D eigenvalue weighted by atomic mass is 10.1. The molecule has 3 rings (SSSR count). The lowest BCUT2D eigenvalue weighted by molar-refractivity contribution is 0.0963. The molecule has 1 saturated heterocycles. The molecule has 0 spiro atoms. The first-order valence-corrected chi connectivity index (χ1v) is 9.56. The second kappa shape index (κ2) is 9.07. The molecule has 6 nitrogen and oxygen atoms in total. The van der Waals surface area contributed by atoms with Gasteiger partial charge in [-0.3, -0.25) is 9.69 Å². The number of benzene rings is 2. The van der Waals surface area contributed by atoms with E-state index < -0.39 is 6.10 Å². The minimum absolute atomic E-state index is 0.157. The summed E-state index contributed by atoms with van der Waals surface area (Å²) in [6, 6.07) is 14.5. The van der Waals surface area contributed by atoms with E-state index in [9.17, 15) is 9.90 Å². The molecule has 146 valence electrons. The monoisotopic (exact) mass is 398 g/mol. The van der Waals surface area contributed by atoms with Gasteiger partial charge in [-0.1, -0.05) is 23.7 Å².